The molecule has 1 aliphatic heterocycles. The maximum absolute atomic E-state index is 12.6. The minimum absolute atomic E-state index is 0.126. The molecule has 4 rings (SSSR count). The van der Waals surface area contributed by atoms with Crippen LogP contribution >= 0.6 is 11.3 Å². The van der Waals surface area contributed by atoms with Gasteiger partial charge in [0.1, 0.15) is 0 Å². The predicted octanol–water partition coefficient (Wildman–Crippen LogP) is 4.32. The smallest absolute Gasteiger partial charge is 0.248 e. The molecule has 1 saturated heterocycles. The molecule has 8 heteroatoms. The first-order valence-electron chi connectivity index (χ1n) is 10.3. The molecule has 0 saturated carbocycles. The van der Waals surface area contributed by atoms with E-state index in [9.17, 15) is 9.59 Å². The lowest BCUT2D eigenvalue weighted by Gasteiger charge is -2.30. The normalized spacial score (nSPS) is 13.8. The largest absolute Gasteiger partial charge is 0.378 e. The maximum atomic E-state index is 12.6. The molecule has 0 spiro atoms. The van der Waals surface area contributed by atoms with Gasteiger partial charge in [0.2, 0.25) is 11.8 Å². The predicted molar refractivity (Wildman–Crippen MR) is 129 cm³/mol. The molecule has 1 aromatic heterocycles. The van der Waals surface area contributed by atoms with E-state index in [1.165, 1.54) is 24.3 Å². The van der Waals surface area contributed by atoms with E-state index in [1.54, 1.807) is 11.0 Å². The first-order chi connectivity index (χ1) is 15.6. The van der Waals surface area contributed by atoms with Crippen LogP contribution in [0, 0.1) is 0 Å². The maximum Gasteiger partial charge on any atom is 0.248 e. The molecule has 7 nitrogen and oxygen atoms in total. The highest BCUT2D eigenvalue weighted by molar-refractivity contribution is 7.14. The van der Waals surface area contributed by atoms with Crippen LogP contribution in [0.15, 0.2) is 66.1 Å². The third-order valence-corrected chi connectivity index (χ3v) is 5.79. The summed E-state index contributed by atoms with van der Waals surface area (Å²) in [6, 6.07) is 17.1. The summed E-state index contributed by atoms with van der Waals surface area (Å²) in [5.74, 6) is -0.370. The SMILES string of the molecule is CC(=O)N(c1ccccc1)c1nc(/C=C/C(=O)Nc2ccccc2N2CCOCC2)cs1. The monoisotopic (exact) mass is 448 g/mol. The molecule has 32 heavy (non-hydrogen) atoms. The van der Waals surface area contributed by atoms with Crippen LogP contribution in [0.2, 0.25) is 0 Å². The average molecular weight is 449 g/mol. The molecule has 2 aromatic carbocycles. The van der Waals surface area contributed by atoms with Crippen LogP contribution in [0.4, 0.5) is 22.2 Å². The number of anilines is 4. The zero-order valence-electron chi connectivity index (χ0n) is 17.7. The summed E-state index contributed by atoms with van der Waals surface area (Å²) >= 11 is 1.35. The molecular formula is C24H24N4O3S. The van der Waals surface area contributed by atoms with Crippen molar-refractivity contribution in [3.63, 3.8) is 0 Å². The van der Waals surface area contributed by atoms with Crippen LogP contribution in [0.3, 0.4) is 0 Å². The molecular weight excluding hydrogens is 424 g/mol. The Kier molecular flexibility index (Phi) is 6.94. The van der Waals surface area contributed by atoms with Crippen LogP contribution in [-0.2, 0) is 14.3 Å². The molecule has 1 fully saturated rings. The van der Waals surface area contributed by atoms with Gasteiger partial charge in [-0.25, -0.2) is 4.98 Å². The van der Waals surface area contributed by atoms with Gasteiger partial charge in [-0.3, -0.25) is 14.5 Å². The van der Waals surface area contributed by atoms with Crippen molar-refractivity contribution in [1.29, 1.82) is 0 Å². The van der Waals surface area contributed by atoms with Gasteiger partial charge in [0.25, 0.3) is 0 Å². The van der Waals surface area contributed by atoms with E-state index in [0.29, 0.717) is 24.0 Å². The van der Waals surface area contributed by atoms with Gasteiger partial charge in [-0.1, -0.05) is 30.3 Å². The Bertz CT molecular complexity index is 1110. The number of benzene rings is 2. The Morgan fingerprint density at radius 1 is 1.09 bits per heavy atom. The molecule has 1 N–H and O–H groups in total. The molecule has 0 bridgehead atoms. The molecule has 164 valence electrons. The van der Waals surface area contributed by atoms with E-state index in [2.05, 4.69) is 15.2 Å². The number of thiazole rings is 1. The number of carbonyl (C=O) groups excluding carboxylic acids is 2. The van der Waals surface area contributed by atoms with E-state index < -0.39 is 0 Å². The number of morpholine rings is 1. The molecule has 0 aliphatic carbocycles. The number of aromatic nitrogens is 1. The summed E-state index contributed by atoms with van der Waals surface area (Å²) in [7, 11) is 0. The van der Waals surface area contributed by atoms with Crippen LogP contribution < -0.4 is 15.1 Å². The van der Waals surface area contributed by atoms with Gasteiger partial charge in [0.05, 0.1) is 36.0 Å². The molecule has 0 radical (unpaired) electrons. The van der Waals surface area contributed by atoms with E-state index in [0.717, 1.165) is 30.2 Å². The van der Waals surface area contributed by atoms with Crippen LogP contribution in [0.25, 0.3) is 6.08 Å². The fourth-order valence-electron chi connectivity index (χ4n) is 3.45. The lowest BCUT2D eigenvalue weighted by atomic mass is 10.2. The number of nitrogens with zero attached hydrogens (tertiary/aromatic N) is 3. The van der Waals surface area contributed by atoms with E-state index in [-0.39, 0.29) is 11.8 Å². The highest BCUT2D eigenvalue weighted by Gasteiger charge is 2.18. The van der Waals surface area contributed by atoms with Gasteiger partial charge in [-0.05, 0) is 30.3 Å². The number of rotatable bonds is 6. The van der Waals surface area contributed by atoms with Crippen molar-refractivity contribution in [1.82, 2.24) is 4.98 Å². The van der Waals surface area contributed by atoms with Gasteiger partial charge in [0, 0.05) is 31.5 Å². The van der Waals surface area contributed by atoms with Crippen molar-refractivity contribution in [3.05, 3.63) is 71.7 Å². The minimum atomic E-state index is -0.244. The van der Waals surface area contributed by atoms with Crippen LogP contribution in [0.5, 0.6) is 0 Å². The molecule has 0 unspecified atom stereocenters. The van der Waals surface area contributed by atoms with Crippen molar-refractivity contribution in [2.24, 2.45) is 0 Å². The number of para-hydroxylation sites is 3. The number of carbonyl (C=O) groups is 2. The zero-order chi connectivity index (χ0) is 22.3. The Hall–Kier alpha value is -3.49. The van der Waals surface area contributed by atoms with Gasteiger partial charge in [-0.2, -0.15) is 0 Å². The number of hydrogen-bond donors (Lipinski definition) is 1. The summed E-state index contributed by atoms with van der Waals surface area (Å²) in [6.07, 6.45) is 3.10. The van der Waals surface area contributed by atoms with Crippen LogP contribution in [-0.4, -0.2) is 43.1 Å². The number of amides is 2. The van der Waals surface area contributed by atoms with Crippen molar-refractivity contribution < 1.29 is 14.3 Å². The third kappa shape index (κ3) is 5.22. The van der Waals surface area contributed by atoms with Gasteiger partial charge >= 0.3 is 0 Å². The average Bonchev–Trinajstić information content (AvgIpc) is 3.27. The highest BCUT2D eigenvalue weighted by Crippen LogP contribution is 2.29. The van der Waals surface area contributed by atoms with Crippen molar-refractivity contribution in [2.45, 2.75) is 6.92 Å². The van der Waals surface area contributed by atoms with Crippen molar-refractivity contribution in [2.75, 3.05) is 41.4 Å². The summed E-state index contributed by atoms with van der Waals surface area (Å²) in [5.41, 5.74) is 3.11. The van der Waals surface area contributed by atoms with Crippen molar-refractivity contribution >= 4 is 51.4 Å². The summed E-state index contributed by atoms with van der Waals surface area (Å²) < 4.78 is 5.42. The zero-order valence-corrected chi connectivity index (χ0v) is 18.5. The van der Waals surface area contributed by atoms with E-state index >= 15 is 0 Å². The Morgan fingerprint density at radius 2 is 1.81 bits per heavy atom. The minimum Gasteiger partial charge on any atom is -0.378 e. The lowest BCUT2D eigenvalue weighted by Crippen LogP contribution is -2.36. The second kappa shape index (κ2) is 10.2. The molecule has 3 aromatic rings. The standard InChI is InChI=1S/C24H24N4O3S/c1-18(29)28(20-7-3-2-4-8-20)24-25-19(17-32-24)11-12-23(30)26-21-9-5-6-10-22(21)27-13-15-31-16-14-27/h2-12,17H,13-16H2,1H3,(H,26,30)/b12-11+. The Morgan fingerprint density at radius 3 is 2.56 bits per heavy atom. The van der Waals surface area contributed by atoms with E-state index in [1.807, 2.05) is 60.0 Å². The summed E-state index contributed by atoms with van der Waals surface area (Å²) in [6.45, 7) is 4.43. The van der Waals surface area contributed by atoms with Gasteiger partial charge in [0.15, 0.2) is 5.13 Å². The molecule has 1 aliphatic rings. The van der Waals surface area contributed by atoms with Crippen molar-refractivity contribution in [3.8, 4) is 0 Å². The quantitative estimate of drug-likeness (QED) is 0.569. The third-order valence-electron chi connectivity index (χ3n) is 4.95. The number of ether oxygens (including phenoxy) is 1. The second-order valence-electron chi connectivity index (χ2n) is 7.18. The van der Waals surface area contributed by atoms with Gasteiger partial charge in [-0.15, -0.1) is 11.3 Å². The number of hydrogen-bond acceptors (Lipinski definition) is 6. The molecule has 2 heterocycles. The van der Waals surface area contributed by atoms with Crippen LogP contribution in [0.1, 0.15) is 12.6 Å². The van der Waals surface area contributed by atoms with E-state index in [4.69, 9.17) is 4.74 Å². The molecule has 2 amide bonds. The fraction of sp³-hybridized carbons (Fsp3) is 0.208. The van der Waals surface area contributed by atoms with Gasteiger partial charge < -0.3 is 15.0 Å². The summed E-state index contributed by atoms with van der Waals surface area (Å²) in [5, 5.41) is 5.33. The topological polar surface area (TPSA) is 74.8 Å². The fourth-order valence-corrected chi connectivity index (χ4v) is 4.31. The Balaban J connectivity index is 1.45. The Labute approximate surface area is 191 Å². The first-order valence-corrected chi connectivity index (χ1v) is 11.2. The highest BCUT2D eigenvalue weighted by atomic mass is 32.1. The lowest BCUT2D eigenvalue weighted by molar-refractivity contribution is -0.116. The second-order valence-corrected chi connectivity index (χ2v) is 8.02. The molecule has 0 atom stereocenters. The number of nitrogens with one attached hydrogen (secondary N) is 1. The first kappa shape index (κ1) is 21.7. The summed E-state index contributed by atoms with van der Waals surface area (Å²) in [4.78, 5) is 33.0.